The van der Waals surface area contributed by atoms with Crippen LogP contribution in [-0.4, -0.2) is 50.1 Å². The van der Waals surface area contributed by atoms with Crippen LogP contribution in [0, 0.1) is 0 Å². The molecular formula is C21H26ClN3O4. The Balaban J connectivity index is 1.87. The number of anilines is 2. The first-order valence-corrected chi connectivity index (χ1v) is 9.72. The predicted molar refractivity (Wildman–Crippen MR) is 115 cm³/mol. The van der Waals surface area contributed by atoms with Crippen molar-refractivity contribution in [2.45, 2.75) is 13.8 Å². The number of nitrogens with zero attached hydrogens (tertiary/aromatic N) is 1. The summed E-state index contributed by atoms with van der Waals surface area (Å²) >= 11 is 5.91. The van der Waals surface area contributed by atoms with Gasteiger partial charge in [0.1, 0.15) is 0 Å². The first kappa shape index (κ1) is 22.5. The van der Waals surface area contributed by atoms with Crippen LogP contribution in [0.1, 0.15) is 13.8 Å². The van der Waals surface area contributed by atoms with E-state index in [9.17, 15) is 9.59 Å². The van der Waals surface area contributed by atoms with Crippen LogP contribution in [0.15, 0.2) is 42.5 Å². The molecule has 0 unspecified atom stereocenters. The molecule has 2 aromatic rings. The molecule has 0 aliphatic carbocycles. The normalized spacial score (nSPS) is 10.5. The highest BCUT2D eigenvalue weighted by atomic mass is 35.5. The van der Waals surface area contributed by atoms with Crippen molar-refractivity contribution < 1.29 is 19.1 Å². The van der Waals surface area contributed by atoms with Crippen LogP contribution in [0.2, 0.25) is 5.02 Å². The lowest BCUT2D eigenvalue weighted by molar-refractivity contribution is -0.119. The van der Waals surface area contributed by atoms with E-state index in [1.54, 1.807) is 54.4 Å². The maximum absolute atomic E-state index is 12.3. The van der Waals surface area contributed by atoms with Crippen molar-refractivity contribution in [3.8, 4) is 11.5 Å². The summed E-state index contributed by atoms with van der Waals surface area (Å²) in [6.07, 6.45) is 0. The molecule has 0 radical (unpaired) electrons. The lowest BCUT2D eigenvalue weighted by atomic mass is 10.2. The van der Waals surface area contributed by atoms with Crippen LogP contribution in [-0.2, 0) is 9.59 Å². The summed E-state index contributed by atoms with van der Waals surface area (Å²) in [6, 6.07) is 12.1. The number of rotatable bonds is 10. The Morgan fingerprint density at radius 2 is 1.48 bits per heavy atom. The van der Waals surface area contributed by atoms with Gasteiger partial charge in [-0.15, -0.1) is 0 Å². The van der Waals surface area contributed by atoms with Gasteiger partial charge in [0.15, 0.2) is 11.5 Å². The molecule has 0 saturated carbocycles. The van der Waals surface area contributed by atoms with E-state index < -0.39 is 0 Å². The van der Waals surface area contributed by atoms with E-state index >= 15 is 0 Å². The molecule has 2 rings (SSSR count). The van der Waals surface area contributed by atoms with Crippen molar-refractivity contribution in [3.63, 3.8) is 0 Å². The second kappa shape index (κ2) is 11.3. The summed E-state index contributed by atoms with van der Waals surface area (Å²) in [4.78, 5) is 26.1. The topological polar surface area (TPSA) is 79.9 Å². The third-order valence-corrected chi connectivity index (χ3v) is 4.00. The first-order valence-electron chi connectivity index (χ1n) is 9.34. The molecule has 2 N–H and O–H groups in total. The highest BCUT2D eigenvalue weighted by molar-refractivity contribution is 6.30. The highest BCUT2D eigenvalue weighted by Crippen LogP contribution is 2.30. The van der Waals surface area contributed by atoms with Crippen molar-refractivity contribution in [3.05, 3.63) is 47.5 Å². The van der Waals surface area contributed by atoms with Crippen LogP contribution < -0.4 is 20.1 Å². The molecule has 2 aromatic carbocycles. The Morgan fingerprint density at radius 1 is 0.897 bits per heavy atom. The summed E-state index contributed by atoms with van der Waals surface area (Å²) < 4.78 is 11.1. The fourth-order valence-electron chi connectivity index (χ4n) is 2.64. The molecule has 0 saturated heterocycles. The minimum atomic E-state index is -0.241. The molecule has 0 heterocycles. The number of amides is 2. The summed E-state index contributed by atoms with van der Waals surface area (Å²) in [5.74, 6) is 0.723. The smallest absolute Gasteiger partial charge is 0.238 e. The van der Waals surface area contributed by atoms with E-state index in [2.05, 4.69) is 10.6 Å². The molecule has 7 nitrogen and oxygen atoms in total. The molecule has 0 bridgehead atoms. The molecular weight excluding hydrogens is 394 g/mol. The van der Waals surface area contributed by atoms with Crippen molar-refractivity contribution in [1.82, 2.24) is 4.90 Å². The number of halogens is 1. The highest BCUT2D eigenvalue weighted by Gasteiger charge is 2.13. The Labute approximate surface area is 175 Å². The van der Waals surface area contributed by atoms with E-state index in [-0.39, 0.29) is 24.9 Å². The Kier molecular flexibility index (Phi) is 8.76. The van der Waals surface area contributed by atoms with Gasteiger partial charge >= 0.3 is 0 Å². The Morgan fingerprint density at radius 3 is 2.07 bits per heavy atom. The van der Waals surface area contributed by atoms with Crippen LogP contribution >= 0.6 is 11.6 Å². The number of carbonyl (C=O) groups excluding carboxylic acids is 2. The SMILES string of the molecule is CCOc1ccc(NC(=O)CN(C)CC(=O)Nc2cccc(Cl)c2)cc1OCC. The van der Waals surface area contributed by atoms with Gasteiger partial charge < -0.3 is 20.1 Å². The molecule has 0 atom stereocenters. The second-order valence-electron chi connectivity index (χ2n) is 6.31. The Bertz CT molecular complexity index is 844. The number of carbonyl (C=O) groups is 2. The van der Waals surface area contributed by atoms with Crippen molar-refractivity contribution in [2.75, 3.05) is 44.0 Å². The molecule has 29 heavy (non-hydrogen) atoms. The first-order chi connectivity index (χ1) is 13.9. The number of ether oxygens (including phenoxy) is 2. The van der Waals surface area contributed by atoms with Gasteiger partial charge in [-0.25, -0.2) is 0 Å². The predicted octanol–water partition coefficient (Wildman–Crippen LogP) is 3.65. The van der Waals surface area contributed by atoms with Gasteiger partial charge in [-0.3, -0.25) is 14.5 Å². The maximum atomic E-state index is 12.3. The minimum Gasteiger partial charge on any atom is -0.490 e. The molecule has 8 heteroatoms. The van der Waals surface area contributed by atoms with Gasteiger partial charge in [-0.1, -0.05) is 17.7 Å². The van der Waals surface area contributed by atoms with E-state index in [0.717, 1.165) is 0 Å². The molecule has 0 spiro atoms. The lowest BCUT2D eigenvalue weighted by Crippen LogP contribution is -2.36. The van der Waals surface area contributed by atoms with Gasteiger partial charge in [-0.05, 0) is 51.2 Å². The third kappa shape index (κ3) is 7.63. The van der Waals surface area contributed by atoms with E-state index in [1.165, 1.54) is 0 Å². The van der Waals surface area contributed by atoms with E-state index in [1.807, 2.05) is 13.8 Å². The quantitative estimate of drug-likeness (QED) is 0.614. The van der Waals surface area contributed by atoms with Gasteiger partial charge in [0.25, 0.3) is 0 Å². The molecule has 156 valence electrons. The van der Waals surface area contributed by atoms with Crippen molar-refractivity contribution in [1.29, 1.82) is 0 Å². The van der Waals surface area contributed by atoms with E-state index in [4.69, 9.17) is 21.1 Å². The molecule has 0 fully saturated rings. The summed E-state index contributed by atoms with van der Waals surface area (Å²) in [5, 5.41) is 6.09. The van der Waals surface area contributed by atoms with Gasteiger partial charge in [-0.2, -0.15) is 0 Å². The number of hydrogen-bond donors (Lipinski definition) is 2. The zero-order chi connectivity index (χ0) is 21.2. The number of hydrogen-bond acceptors (Lipinski definition) is 5. The van der Waals surface area contributed by atoms with Crippen LogP contribution in [0.25, 0.3) is 0 Å². The molecule has 0 aliphatic heterocycles. The zero-order valence-electron chi connectivity index (χ0n) is 16.8. The summed E-state index contributed by atoms with van der Waals surface area (Å²) in [5.41, 5.74) is 1.21. The molecule has 0 aliphatic rings. The standard InChI is InChI=1S/C21H26ClN3O4/c1-4-28-18-10-9-17(12-19(18)29-5-2)24-21(27)14-25(3)13-20(26)23-16-8-6-7-15(22)11-16/h6-12H,4-5,13-14H2,1-3H3,(H,23,26)(H,24,27). The minimum absolute atomic E-state index is 0.0557. The summed E-state index contributed by atoms with van der Waals surface area (Å²) in [6.45, 7) is 4.90. The average Bonchev–Trinajstić information content (AvgIpc) is 2.63. The number of likely N-dealkylation sites (N-methyl/N-ethyl adjacent to an activating group) is 1. The average molecular weight is 420 g/mol. The van der Waals surface area contributed by atoms with Crippen molar-refractivity contribution in [2.24, 2.45) is 0 Å². The van der Waals surface area contributed by atoms with E-state index in [0.29, 0.717) is 41.1 Å². The molecule has 0 aromatic heterocycles. The maximum Gasteiger partial charge on any atom is 0.238 e. The Hall–Kier alpha value is -2.77. The zero-order valence-corrected chi connectivity index (χ0v) is 17.6. The van der Waals surface area contributed by atoms with Crippen molar-refractivity contribution >= 4 is 34.8 Å². The monoisotopic (exact) mass is 419 g/mol. The largest absolute Gasteiger partial charge is 0.490 e. The van der Waals surface area contributed by atoms with Gasteiger partial charge in [0, 0.05) is 22.5 Å². The van der Waals surface area contributed by atoms with Gasteiger partial charge in [0.05, 0.1) is 26.3 Å². The number of nitrogens with one attached hydrogen (secondary N) is 2. The van der Waals surface area contributed by atoms with Crippen LogP contribution in [0.3, 0.4) is 0 Å². The fraction of sp³-hybridized carbons (Fsp3) is 0.333. The van der Waals surface area contributed by atoms with Crippen LogP contribution in [0.4, 0.5) is 11.4 Å². The lowest BCUT2D eigenvalue weighted by Gasteiger charge is -2.17. The molecule has 2 amide bonds. The summed E-state index contributed by atoms with van der Waals surface area (Å²) in [7, 11) is 1.70. The number of benzene rings is 2. The van der Waals surface area contributed by atoms with Crippen LogP contribution in [0.5, 0.6) is 11.5 Å². The third-order valence-electron chi connectivity index (χ3n) is 3.76. The fourth-order valence-corrected chi connectivity index (χ4v) is 2.83. The second-order valence-corrected chi connectivity index (χ2v) is 6.74. The van der Waals surface area contributed by atoms with Gasteiger partial charge in [0.2, 0.25) is 11.8 Å².